The van der Waals surface area contributed by atoms with Crippen molar-refractivity contribution in [2.45, 2.75) is 51.4 Å². The van der Waals surface area contributed by atoms with Gasteiger partial charge in [0.25, 0.3) is 0 Å². The molecular formula is C48H44N2. The van der Waals surface area contributed by atoms with Crippen LogP contribution in [0.25, 0.3) is 21.9 Å². The molecule has 0 atom stereocenters. The van der Waals surface area contributed by atoms with E-state index >= 15 is 0 Å². The number of benzene rings is 7. The van der Waals surface area contributed by atoms with Gasteiger partial charge in [-0.05, 0) is 112 Å². The maximum Gasteiger partial charge on any atom is 0.0540 e. The van der Waals surface area contributed by atoms with E-state index in [4.69, 9.17) is 0 Å². The average molecular weight is 649 g/mol. The molecule has 0 unspecified atom stereocenters. The van der Waals surface area contributed by atoms with Crippen LogP contribution in [0.2, 0.25) is 0 Å². The third kappa shape index (κ3) is 5.75. The van der Waals surface area contributed by atoms with Crippen molar-refractivity contribution in [3.8, 4) is 11.1 Å². The molecular weight excluding hydrogens is 605 g/mol. The molecule has 0 N–H and O–H groups in total. The number of hydrogen-bond donors (Lipinski definition) is 0. The molecule has 0 radical (unpaired) electrons. The van der Waals surface area contributed by atoms with Gasteiger partial charge in [-0.1, -0.05) is 137 Å². The molecule has 2 heteroatoms. The summed E-state index contributed by atoms with van der Waals surface area (Å²) >= 11 is 0. The summed E-state index contributed by atoms with van der Waals surface area (Å²) in [6.45, 7) is 9.64. The largest absolute Gasteiger partial charge is 0.310 e. The van der Waals surface area contributed by atoms with Gasteiger partial charge in [-0.2, -0.15) is 0 Å². The maximum atomic E-state index is 2.46. The number of fused-ring (bicyclic) bond motifs is 2. The second kappa shape index (κ2) is 12.7. The first-order valence-electron chi connectivity index (χ1n) is 17.8. The van der Waals surface area contributed by atoms with Gasteiger partial charge in [0.15, 0.2) is 0 Å². The molecule has 1 aliphatic carbocycles. The summed E-state index contributed by atoms with van der Waals surface area (Å²) in [6, 6.07) is 61.7. The van der Waals surface area contributed by atoms with Crippen LogP contribution in [0.15, 0.2) is 170 Å². The highest BCUT2D eigenvalue weighted by Crippen LogP contribution is 2.52. The molecule has 7 aromatic rings. The fourth-order valence-corrected chi connectivity index (χ4v) is 7.93. The first kappa shape index (κ1) is 31.7. The minimum Gasteiger partial charge on any atom is -0.310 e. The van der Waals surface area contributed by atoms with Crippen LogP contribution in [0.3, 0.4) is 0 Å². The molecule has 0 fully saturated rings. The molecule has 0 bridgehead atoms. The zero-order chi connectivity index (χ0) is 34.3. The molecule has 8 rings (SSSR count). The fraction of sp³-hybridized carbons (Fsp3) is 0.167. The summed E-state index contributed by atoms with van der Waals surface area (Å²) in [5.41, 5.74) is 12.5. The van der Waals surface area contributed by atoms with Crippen molar-refractivity contribution in [2.75, 3.05) is 9.80 Å². The standard InChI is InChI=1S/C48H44N2/c1-47(2)32-33-48(3,4)46-43(47)25-15-27-45(46)49(38-19-7-5-8-20-38)40-30-28-35(29-31-40)37-18-13-23-41(34-37)50(39-21-9-6-10-22-39)44-26-14-17-36-16-11-12-24-42(36)44/h5-31,34H,32-33H2,1-4H3. The Morgan fingerprint density at radius 2 is 0.920 bits per heavy atom. The van der Waals surface area contributed by atoms with E-state index in [0.717, 1.165) is 22.7 Å². The van der Waals surface area contributed by atoms with E-state index in [2.05, 4.69) is 207 Å². The predicted octanol–water partition coefficient (Wildman–Crippen LogP) is 13.8. The van der Waals surface area contributed by atoms with Crippen LogP contribution in [0.1, 0.15) is 51.7 Å². The summed E-state index contributed by atoms with van der Waals surface area (Å²) < 4.78 is 0. The fourth-order valence-electron chi connectivity index (χ4n) is 7.93. The molecule has 0 saturated heterocycles. The van der Waals surface area contributed by atoms with E-state index in [9.17, 15) is 0 Å². The van der Waals surface area contributed by atoms with E-state index in [1.807, 2.05) is 0 Å². The molecule has 2 nitrogen and oxygen atoms in total. The van der Waals surface area contributed by atoms with E-state index in [1.54, 1.807) is 0 Å². The van der Waals surface area contributed by atoms with Gasteiger partial charge in [-0.15, -0.1) is 0 Å². The van der Waals surface area contributed by atoms with Crippen LogP contribution < -0.4 is 9.80 Å². The van der Waals surface area contributed by atoms with Crippen LogP contribution in [-0.2, 0) is 10.8 Å². The van der Waals surface area contributed by atoms with Crippen LogP contribution in [-0.4, -0.2) is 0 Å². The van der Waals surface area contributed by atoms with Gasteiger partial charge in [0.1, 0.15) is 0 Å². The molecule has 0 aromatic heterocycles. The van der Waals surface area contributed by atoms with Gasteiger partial charge >= 0.3 is 0 Å². The smallest absolute Gasteiger partial charge is 0.0540 e. The third-order valence-corrected chi connectivity index (χ3v) is 10.7. The Kier molecular flexibility index (Phi) is 8.04. The van der Waals surface area contributed by atoms with Crippen molar-refractivity contribution < 1.29 is 0 Å². The average Bonchev–Trinajstić information content (AvgIpc) is 3.15. The lowest BCUT2D eigenvalue weighted by molar-refractivity contribution is 0.332. The quantitative estimate of drug-likeness (QED) is 0.170. The Bertz CT molecular complexity index is 2260. The number of rotatable bonds is 7. The van der Waals surface area contributed by atoms with Crippen molar-refractivity contribution in [1.82, 2.24) is 0 Å². The van der Waals surface area contributed by atoms with Crippen molar-refractivity contribution in [3.63, 3.8) is 0 Å². The first-order valence-corrected chi connectivity index (χ1v) is 17.8. The van der Waals surface area contributed by atoms with Gasteiger partial charge < -0.3 is 9.80 Å². The summed E-state index contributed by atoms with van der Waals surface area (Å²) in [6.07, 6.45) is 2.36. The van der Waals surface area contributed by atoms with Crippen molar-refractivity contribution in [2.24, 2.45) is 0 Å². The molecule has 0 spiro atoms. The zero-order valence-electron chi connectivity index (χ0n) is 29.5. The third-order valence-electron chi connectivity index (χ3n) is 10.7. The van der Waals surface area contributed by atoms with E-state index in [-0.39, 0.29) is 10.8 Å². The van der Waals surface area contributed by atoms with Gasteiger partial charge in [0.2, 0.25) is 0 Å². The molecule has 0 aliphatic heterocycles. The van der Waals surface area contributed by atoms with E-state index in [1.165, 1.54) is 57.2 Å². The minimum atomic E-state index is 0.0730. The first-order chi connectivity index (χ1) is 24.3. The maximum absolute atomic E-state index is 2.46. The van der Waals surface area contributed by atoms with Gasteiger partial charge in [0, 0.05) is 28.1 Å². The Balaban J connectivity index is 1.22. The second-order valence-corrected chi connectivity index (χ2v) is 14.9. The van der Waals surface area contributed by atoms with Crippen molar-refractivity contribution in [1.29, 1.82) is 0 Å². The monoisotopic (exact) mass is 648 g/mol. The van der Waals surface area contributed by atoms with Crippen LogP contribution in [0.5, 0.6) is 0 Å². The summed E-state index contributed by atoms with van der Waals surface area (Å²) in [5.74, 6) is 0. The van der Waals surface area contributed by atoms with E-state index < -0.39 is 0 Å². The lowest BCUT2D eigenvalue weighted by atomic mass is 9.62. The van der Waals surface area contributed by atoms with Gasteiger partial charge in [0.05, 0.1) is 11.4 Å². The van der Waals surface area contributed by atoms with Crippen LogP contribution >= 0.6 is 0 Å². The number of para-hydroxylation sites is 2. The Hall–Kier alpha value is -5.60. The van der Waals surface area contributed by atoms with E-state index in [0.29, 0.717) is 0 Å². The van der Waals surface area contributed by atoms with Crippen LogP contribution in [0.4, 0.5) is 34.1 Å². The number of hydrogen-bond acceptors (Lipinski definition) is 2. The SMILES string of the molecule is CC1(C)CCC(C)(C)c2c(N(c3ccccc3)c3ccc(-c4cccc(N(c5ccccc5)c5cccc6ccccc56)c4)cc3)cccc21. The molecule has 0 heterocycles. The number of anilines is 6. The molecule has 50 heavy (non-hydrogen) atoms. The highest BCUT2D eigenvalue weighted by molar-refractivity contribution is 5.99. The Labute approximate surface area is 297 Å². The molecule has 0 saturated carbocycles. The normalized spacial score (nSPS) is 14.6. The summed E-state index contributed by atoms with van der Waals surface area (Å²) in [5, 5.41) is 2.46. The van der Waals surface area contributed by atoms with Crippen molar-refractivity contribution >= 4 is 44.9 Å². The van der Waals surface area contributed by atoms with Gasteiger partial charge in [-0.3, -0.25) is 0 Å². The second-order valence-electron chi connectivity index (χ2n) is 14.9. The topological polar surface area (TPSA) is 6.48 Å². The highest BCUT2D eigenvalue weighted by Gasteiger charge is 2.39. The minimum absolute atomic E-state index is 0.0730. The predicted molar refractivity (Wildman–Crippen MR) is 214 cm³/mol. The van der Waals surface area contributed by atoms with Gasteiger partial charge in [-0.25, -0.2) is 0 Å². The number of nitrogens with zero attached hydrogens (tertiary/aromatic N) is 2. The Morgan fingerprint density at radius 1 is 0.400 bits per heavy atom. The highest BCUT2D eigenvalue weighted by atomic mass is 15.2. The molecule has 246 valence electrons. The van der Waals surface area contributed by atoms with Crippen molar-refractivity contribution in [3.05, 3.63) is 181 Å². The molecule has 1 aliphatic rings. The lowest BCUT2D eigenvalue weighted by Crippen LogP contribution is -2.35. The molecule has 7 aromatic carbocycles. The molecule has 0 amide bonds. The zero-order valence-corrected chi connectivity index (χ0v) is 29.5. The van der Waals surface area contributed by atoms with Crippen LogP contribution in [0, 0.1) is 0 Å². The Morgan fingerprint density at radius 3 is 1.64 bits per heavy atom. The summed E-state index contributed by atoms with van der Waals surface area (Å²) in [4.78, 5) is 4.83. The lowest BCUT2D eigenvalue weighted by Gasteiger charge is -2.44. The summed E-state index contributed by atoms with van der Waals surface area (Å²) in [7, 11) is 0.